The molecule has 0 bridgehead atoms. The molecule has 7 N–H and O–H groups in total. The van der Waals surface area contributed by atoms with Gasteiger partial charge in [-0.05, 0) is 48.5 Å². The Balaban J connectivity index is 0.000000207. The van der Waals surface area contributed by atoms with Crippen LogP contribution in [0.5, 0.6) is 0 Å². The first-order valence-electron chi connectivity index (χ1n) is 13.3. The van der Waals surface area contributed by atoms with Crippen LogP contribution < -0.4 is 22.1 Å². The summed E-state index contributed by atoms with van der Waals surface area (Å²) in [7, 11) is 0. The molecule has 1 amide bonds. The van der Waals surface area contributed by atoms with E-state index in [2.05, 4.69) is 47.0 Å². The van der Waals surface area contributed by atoms with E-state index in [1.165, 1.54) is 11.1 Å². The van der Waals surface area contributed by atoms with E-state index < -0.39 is 11.3 Å². The van der Waals surface area contributed by atoms with Gasteiger partial charge in [0.15, 0.2) is 0 Å². The largest absolute Gasteiger partial charge is 0.395 e. The number of amides is 1. The van der Waals surface area contributed by atoms with Crippen molar-refractivity contribution in [2.24, 2.45) is 17.4 Å². The zero-order chi connectivity index (χ0) is 26.1. The highest BCUT2D eigenvalue weighted by Crippen LogP contribution is 2.44. The molecule has 6 heteroatoms. The Hall–Kier alpha value is -3.03. The summed E-state index contributed by atoms with van der Waals surface area (Å²) >= 11 is 0. The molecule has 3 aromatic rings. The molecule has 3 aromatic carbocycles. The average Bonchev–Trinajstić information content (AvgIpc) is 2.96. The smallest absolute Gasteiger partial charge is 0.230 e. The molecule has 5 atom stereocenters. The SMILES string of the molecule is NC(=O)C(CO)(c1ccccc1)C1CCNCC1c1ccccc1.NC1CCNCC1c1ccccc1. The topological polar surface area (TPSA) is 113 Å². The van der Waals surface area contributed by atoms with Crippen molar-refractivity contribution >= 4 is 5.91 Å². The van der Waals surface area contributed by atoms with Gasteiger partial charge in [-0.25, -0.2) is 0 Å². The molecular formula is C31H40N4O2. The van der Waals surface area contributed by atoms with Gasteiger partial charge in [-0.3, -0.25) is 4.79 Å². The first-order valence-corrected chi connectivity index (χ1v) is 13.3. The maximum absolute atomic E-state index is 12.6. The standard InChI is InChI=1S/C20H24N2O2.C11H16N2/c21-19(24)20(14-23,16-9-5-2-6-10-16)18-11-12-22-13-17(18)15-7-3-1-4-8-15;12-11-6-7-13-8-10(11)9-4-2-1-3-5-9/h1-10,17-18,22-23H,11-14H2,(H2,21,24);1-5,10-11,13H,6-8,12H2. The summed E-state index contributed by atoms with van der Waals surface area (Å²) in [6.07, 6.45) is 1.87. The quantitative estimate of drug-likeness (QED) is 0.357. The molecule has 6 nitrogen and oxygen atoms in total. The summed E-state index contributed by atoms with van der Waals surface area (Å²) in [6.45, 7) is 3.39. The molecule has 0 aromatic heterocycles. The number of nitrogens with one attached hydrogen (secondary N) is 2. The van der Waals surface area contributed by atoms with Crippen LogP contribution in [-0.2, 0) is 10.2 Å². The third-order valence-electron chi connectivity index (χ3n) is 8.08. The Kier molecular flexibility index (Phi) is 9.47. The number of aliphatic hydroxyl groups excluding tert-OH is 1. The second kappa shape index (κ2) is 13.0. The minimum atomic E-state index is -1.07. The Morgan fingerprint density at radius 3 is 1.78 bits per heavy atom. The van der Waals surface area contributed by atoms with Gasteiger partial charge in [-0.1, -0.05) is 91.0 Å². The second-order valence-corrected chi connectivity index (χ2v) is 10.2. The number of piperidine rings is 2. The lowest BCUT2D eigenvalue weighted by Crippen LogP contribution is -2.55. The van der Waals surface area contributed by atoms with Gasteiger partial charge < -0.3 is 27.2 Å². The zero-order valence-electron chi connectivity index (χ0n) is 21.4. The molecule has 2 heterocycles. The molecule has 2 aliphatic rings. The summed E-state index contributed by atoms with van der Waals surface area (Å²) < 4.78 is 0. The number of hydrogen-bond donors (Lipinski definition) is 5. The molecule has 5 unspecified atom stereocenters. The Labute approximate surface area is 220 Å². The lowest BCUT2D eigenvalue weighted by atomic mass is 9.61. The van der Waals surface area contributed by atoms with Crippen LogP contribution in [0.3, 0.4) is 0 Å². The molecule has 2 aliphatic heterocycles. The van der Waals surface area contributed by atoms with Gasteiger partial charge >= 0.3 is 0 Å². The lowest BCUT2D eigenvalue weighted by Gasteiger charge is -2.44. The molecule has 0 aliphatic carbocycles. The maximum Gasteiger partial charge on any atom is 0.230 e. The lowest BCUT2D eigenvalue weighted by molar-refractivity contribution is -0.128. The van der Waals surface area contributed by atoms with Crippen molar-refractivity contribution in [2.75, 3.05) is 32.8 Å². The average molecular weight is 501 g/mol. The van der Waals surface area contributed by atoms with Crippen LogP contribution >= 0.6 is 0 Å². The summed E-state index contributed by atoms with van der Waals surface area (Å²) in [5.41, 5.74) is 14.2. The predicted molar refractivity (Wildman–Crippen MR) is 149 cm³/mol. The fourth-order valence-electron chi connectivity index (χ4n) is 6.00. The Bertz CT molecular complexity index is 1100. The van der Waals surface area contributed by atoms with Crippen LogP contribution in [0.2, 0.25) is 0 Å². The van der Waals surface area contributed by atoms with Gasteiger partial charge in [0.2, 0.25) is 5.91 Å². The second-order valence-electron chi connectivity index (χ2n) is 10.2. The van der Waals surface area contributed by atoms with Gasteiger partial charge in [0.25, 0.3) is 0 Å². The van der Waals surface area contributed by atoms with E-state index in [4.69, 9.17) is 11.5 Å². The molecule has 2 fully saturated rings. The van der Waals surface area contributed by atoms with Crippen LogP contribution in [0, 0.1) is 5.92 Å². The van der Waals surface area contributed by atoms with Crippen LogP contribution in [0.15, 0.2) is 91.0 Å². The van der Waals surface area contributed by atoms with E-state index in [0.29, 0.717) is 12.0 Å². The van der Waals surface area contributed by atoms with Crippen molar-refractivity contribution in [2.45, 2.75) is 36.1 Å². The van der Waals surface area contributed by atoms with E-state index in [1.807, 2.05) is 54.6 Å². The van der Waals surface area contributed by atoms with Crippen molar-refractivity contribution in [1.29, 1.82) is 0 Å². The minimum Gasteiger partial charge on any atom is -0.395 e. The fourth-order valence-corrected chi connectivity index (χ4v) is 6.00. The van der Waals surface area contributed by atoms with Crippen LogP contribution in [-0.4, -0.2) is 49.8 Å². The highest BCUT2D eigenvalue weighted by atomic mass is 16.3. The van der Waals surface area contributed by atoms with Gasteiger partial charge in [-0.2, -0.15) is 0 Å². The van der Waals surface area contributed by atoms with Crippen LogP contribution in [0.25, 0.3) is 0 Å². The van der Waals surface area contributed by atoms with E-state index in [9.17, 15) is 9.90 Å². The van der Waals surface area contributed by atoms with E-state index in [0.717, 1.165) is 44.6 Å². The third kappa shape index (κ3) is 6.11. The first-order chi connectivity index (χ1) is 18.1. The molecular weight excluding hydrogens is 460 g/mol. The van der Waals surface area contributed by atoms with Gasteiger partial charge in [-0.15, -0.1) is 0 Å². The Morgan fingerprint density at radius 2 is 1.27 bits per heavy atom. The molecule has 0 spiro atoms. The normalized spacial score (nSPS) is 25.2. The number of benzene rings is 3. The van der Waals surface area contributed by atoms with Crippen molar-refractivity contribution in [3.63, 3.8) is 0 Å². The van der Waals surface area contributed by atoms with E-state index in [1.54, 1.807) is 0 Å². The third-order valence-corrected chi connectivity index (χ3v) is 8.08. The number of rotatable bonds is 6. The Morgan fingerprint density at radius 1 is 0.784 bits per heavy atom. The number of hydrogen-bond acceptors (Lipinski definition) is 5. The number of carbonyl (C=O) groups is 1. The molecule has 0 saturated carbocycles. The monoisotopic (exact) mass is 500 g/mol. The zero-order valence-corrected chi connectivity index (χ0v) is 21.4. The fraction of sp³-hybridized carbons (Fsp3) is 0.387. The van der Waals surface area contributed by atoms with Gasteiger partial charge in [0, 0.05) is 31.0 Å². The summed E-state index contributed by atoms with van der Waals surface area (Å²) in [4.78, 5) is 12.6. The molecule has 37 heavy (non-hydrogen) atoms. The van der Waals surface area contributed by atoms with Crippen LogP contribution in [0.4, 0.5) is 0 Å². The van der Waals surface area contributed by atoms with E-state index in [-0.39, 0.29) is 18.4 Å². The number of aliphatic hydroxyl groups is 1. The number of carbonyl (C=O) groups excluding carboxylic acids is 1. The summed E-state index contributed by atoms with van der Waals surface area (Å²) in [6, 6.07) is 30.5. The van der Waals surface area contributed by atoms with Gasteiger partial charge in [0.05, 0.1) is 6.61 Å². The van der Waals surface area contributed by atoms with Crippen LogP contribution in [0.1, 0.15) is 41.4 Å². The van der Waals surface area contributed by atoms with Crippen molar-refractivity contribution in [3.8, 4) is 0 Å². The first kappa shape index (κ1) is 27.0. The highest BCUT2D eigenvalue weighted by molar-refractivity contribution is 5.87. The van der Waals surface area contributed by atoms with Crippen molar-refractivity contribution < 1.29 is 9.90 Å². The molecule has 196 valence electrons. The predicted octanol–water partition coefficient (Wildman–Crippen LogP) is 2.89. The molecule has 5 rings (SSSR count). The van der Waals surface area contributed by atoms with Crippen molar-refractivity contribution in [1.82, 2.24) is 10.6 Å². The number of primary amides is 1. The van der Waals surface area contributed by atoms with Gasteiger partial charge in [0.1, 0.15) is 5.41 Å². The summed E-state index contributed by atoms with van der Waals surface area (Å²) in [5, 5.41) is 17.1. The minimum absolute atomic E-state index is 0.0500. The molecule has 0 radical (unpaired) electrons. The molecule has 2 saturated heterocycles. The number of nitrogens with two attached hydrogens (primary N) is 2. The maximum atomic E-state index is 12.6. The van der Waals surface area contributed by atoms with E-state index >= 15 is 0 Å². The van der Waals surface area contributed by atoms with Crippen molar-refractivity contribution in [3.05, 3.63) is 108 Å². The summed E-state index contributed by atoms with van der Waals surface area (Å²) in [5.74, 6) is 0.116. The highest BCUT2D eigenvalue weighted by Gasteiger charge is 2.49.